The molecule has 0 radical (unpaired) electrons. The molecule has 3 aromatic rings. The minimum absolute atomic E-state index is 0. The Morgan fingerprint density at radius 3 is 1.97 bits per heavy atom. The van der Waals surface area contributed by atoms with E-state index >= 15 is 4.79 Å². The van der Waals surface area contributed by atoms with E-state index in [2.05, 4.69) is 5.32 Å². The van der Waals surface area contributed by atoms with E-state index in [4.69, 9.17) is 23.7 Å². The fourth-order valence-corrected chi connectivity index (χ4v) is 10.2. The molecule has 62 heavy (non-hydrogen) atoms. The summed E-state index contributed by atoms with van der Waals surface area (Å²) in [7, 11) is 0. The second kappa shape index (κ2) is 16.5. The molecule has 1 aliphatic heterocycles. The second-order valence-electron chi connectivity index (χ2n) is 17.4. The summed E-state index contributed by atoms with van der Waals surface area (Å²) in [6.07, 6.45) is -10.5. The number of fused-ring (bicyclic) bond motifs is 5. The van der Waals surface area contributed by atoms with Gasteiger partial charge >= 0.3 is 25.3 Å². The SMILES string of the molecule is CC(=O)O[C@H]1C(=O)[C@@]2(C)[C@H]([C@H](OC(=O)c3ccccc3)[C@]3(O)C[C@H](OC(=O)[C@H](O)[C@@H](NC(=O)c4ccccc4)c4ccccc4)C(C)=C1C3(C)C)[C@]1(OC(C)=O)CO[C@@H]1C[C@@H]2O.[H+]. The quantitative estimate of drug-likeness (QED) is 0.129. The highest BCUT2D eigenvalue weighted by atomic mass is 16.6. The van der Waals surface area contributed by atoms with Crippen LogP contribution in [0.5, 0.6) is 0 Å². The lowest BCUT2D eigenvalue weighted by molar-refractivity contribution is -0.346. The smallest absolute Gasteiger partial charge is 0.456 e. The maximum Gasteiger partial charge on any atom is 1.00 e. The molecule has 4 N–H and O–H groups in total. The first-order chi connectivity index (χ1) is 29.3. The first-order valence-electron chi connectivity index (χ1n) is 20.5. The molecule has 0 spiro atoms. The van der Waals surface area contributed by atoms with E-state index in [1.165, 1.54) is 26.0 Å². The van der Waals surface area contributed by atoms with E-state index in [-0.39, 0.29) is 36.7 Å². The third-order valence-electron chi connectivity index (χ3n) is 13.5. The number of esters is 4. The molecule has 328 valence electrons. The van der Waals surface area contributed by atoms with Crippen LogP contribution in [0.3, 0.4) is 0 Å². The summed E-state index contributed by atoms with van der Waals surface area (Å²) in [5, 5.41) is 40.2. The number of Topliss-reactive ketones (excluding diaryl/α,β-unsaturated/α-hetero) is 1. The van der Waals surface area contributed by atoms with E-state index < -0.39 is 113 Å². The van der Waals surface area contributed by atoms with Gasteiger partial charge in [-0.05, 0) is 54.8 Å². The molecular formula is C47H52NO14+. The Bertz CT molecular complexity index is 2290. The zero-order valence-corrected chi connectivity index (χ0v) is 35.2. The Morgan fingerprint density at radius 2 is 1.42 bits per heavy atom. The third kappa shape index (κ3) is 7.29. The highest BCUT2D eigenvalue weighted by Gasteiger charge is 2.78. The van der Waals surface area contributed by atoms with Crippen molar-refractivity contribution in [1.29, 1.82) is 0 Å². The first kappa shape index (κ1) is 44.3. The molecule has 3 fully saturated rings. The number of nitrogens with one attached hydrogen (secondary N) is 1. The number of hydrogen-bond acceptors (Lipinski definition) is 14. The molecular weight excluding hydrogens is 803 g/mol. The van der Waals surface area contributed by atoms with Crippen molar-refractivity contribution in [3.8, 4) is 0 Å². The molecule has 0 aromatic heterocycles. The van der Waals surface area contributed by atoms with E-state index in [1.807, 2.05) is 0 Å². The lowest BCUT2D eigenvalue weighted by Crippen LogP contribution is -2.82. The van der Waals surface area contributed by atoms with Crippen LogP contribution in [0.15, 0.2) is 102 Å². The molecule has 1 heterocycles. The topological polar surface area (TPSA) is 221 Å². The van der Waals surface area contributed by atoms with Gasteiger partial charge in [-0.2, -0.15) is 0 Å². The van der Waals surface area contributed by atoms with Crippen LogP contribution in [-0.2, 0) is 42.9 Å². The van der Waals surface area contributed by atoms with Crippen LogP contribution in [0.1, 0.15) is 88.1 Å². The number of carbonyl (C=O) groups is 6. The predicted molar refractivity (Wildman–Crippen MR) is 219 cm³/mol. The zero-order chi connectivity index (χ0) is 44.9. The van der Waals surface area contributed by atoms with Gasteiger partial charge in [-0.25, -0.2) is 9.59 Å². The molecule has 1 amide bonds. The number of aliphatic hydroxyl groups excluding tert-OH is 2. The standard InChI is InChI=1S/C47H51NO14/c1-25-31(60-43(56)36(52)35(28-16-10-7-11-17-28)48-41(54)29-18-12-8-13-19-29)23-47(57)40(61-42(55)30-20-14-9-15-21-30)38-45(6,32(51)22-33-46(38,24-58-33)62-27(3)50)39(53)37(59-26(2)49)34(25)44(47,4)5/h7-21,31-33,35-38,40,51-52,57H,22-24H2,1-6H3,(H,48,54)/p+1/t31-,32-,33+,35-,36+,37+,38-,40-,45+,46-,47+/m0/s1. The van der Waals surface area contributed by atoms with Crippen molar-refractivity contribution in [2.45, 2.75) is 108 Å². The van der Waals surface area contributed by atoms with Crippen LogP contribution in [0.25, 0.3) is 0 Å². The van der Waals surface area contributed by atoms with Gasteiger partial charge in [-0.3, -0.25) is 19.2 Å². The van der Waals surface area contributed by atoms with Crippen molar-refractivity contribution in [2.24, 2.45) is 16.7 Å². The summed E-state index contributed by atoms with van der Waals surface area (Å²) in [4.78, 5) is 83.5. The maximum absolute atomic E-state index is 15.5. The highest BCUT2D eigenvalue weighted by molar-refractivity contribution is 5.96. The zero-order valence-electron chi connectivity index (χ0n) is 36.2. The van der Waals surface area contributed by atoms with Gasteiger partial charge in [0.15, 0.2) is 23.6 Å². The minimum atomic E-state index is -2.39. The number of amides is 1. The van der Waals surface area contributed by atoms with Gasteiger partial charge < -0.3 is 44.3 Å². The predicted octanol–water partition coefficient (Wildman–Crippen LogP) is 3.85. The summed E-state index contributed by atoms with van der Waals surface area (Å²) >= 11 is 0. The summed E-state index contributed by atoms with van der Waals surface area (Å²) in [6, 6.07) is 22.9. The number of aliphatic hydroxyl groups is 3. The van der Waals surface area contributed by atoms with Gasteiger partial charge in [-0.1, -0.05) is 80.6 Å². The minimum Gasteiger partial charge on any atom is -0.456 e. The molecule has 7 rings (SSSR count). The molecule has 2 saturated carbocycles. The summed E-state index contributed by atoms with van der Waals surface area (Å²) in [5.74, 6) is -6.84. The Kier molecular flexibility index (Phi) is 11.8. The fourth-order valence-electron chi connectivity index (χ4n) is 10.2. The van der Waals surface area contributed by atoms with Gasteiger partial charge in [0.2, 0.25) is 0 Å². The van der Waals surface area contributed by atoms with E-state index in [9.17, 15) is 39.3 Å². The van der Waals surface area contributed by atoms with Crippen molar-refractivity contribution >= 4 is 35.6 Å². The van der Waals surface area contributed by atoms with E-state index in [1.54, 1.807) is 92.7 Å². The average Bonchev–Trinajstić information content (AvgIpc) is 3.24. The Hall–Kier alpha value is -5.74. The van der Waals surface area contributed by atoms with Crippen molar-refractivity contribution in [3.05, 3.63) is 119 Å². The third-order valence-corrected chi connectivity index (χ3v) is 13.5. The largest absolute Gasteiger partial charge is 1.00 e. The summed E-state index contributed by atoms with van der Waals surface area (Å²) < 4.78 is 30.3. The van der Waals surface area contributed by atoms with Gasteiger partial charge in [0.25, 0.3) is 5.91 Å². The number of carbonyl (C=O) groups excluding carboxylic acids is 6. The maximum atomic E-state index is 15.5. The normalized spacial score (nSPS) is 31.9. The molecule has 2 bridgehead atoms. The molecule has 3 aliphatic carbocycles. The molecule has 3 aromatic carbocycles. The highest BCUT2D eigenvalue weighted by Crippen LogP contribution is 2.64. The van der Waals surface area contributed by atoms with Crippen molar-refractivity contribution < 1.29 is 69.2 Å². The van der Waals surface area contributed by atoms with Gasteiger partial charge in [0, 0.05) is 37.7 Å². The van der Waals surface area contributed by atoms with Crippen LogP contribution < -0.4 is 5.32 Å². The van der Waals surface area contributed by atoms with Crippen molar-refractivity contribution in [3.63, 3.8) is 0 Å². The number of ether oxygens (including phenoxy) is 5. The van der Waals surface area contributed by atoms with E-state index in [0.29, 0.717) is 5.56 Å². The van der Waals surface area contributed by atoms with Crippen LogP contribution >= 0.6 is 0 Å². The fraction of sp³-hybridized carbons (Fsp3) is 0.447. The number of hydrogen-bond donors (Lipinski definition) is 4. The van der Waals surface area contributed by atoms with Crippen molar-refractivity contribution in [2.75, 3.05) is 6.61 Å². The van der Waals surface area contributed by atoms with Gasteiger partial charge in [0.1, 0.15) is 23.9 Å². The van der Waals surface area contributed by atoms with Crippen LogP contribution in [0.4, 0.5) is 0 Å². The lowest BCUT2D eigenvalue weighted by atomic mass is 9.44. The first-order valence-corrected chi connectivity index (χ1v) is 20.5. The summed E-state index contributed by atoms with van der Waals surface area (Å²) in [5.41, 5.74) is -7.02. The van der Waals surface area contributed by atoms with Gasteiger partial charge in [-0.15, -0.1) is 0 Å². The molecule has 0 unspecified atom stereocenters. The molecule has 11 atom stereocenters. The van der Waals surface area contributed by atoms with Crippen molar-refractivity contribution in [1.82, 2.24) is 5.32 Å². The average molecular weight is 855 g/mol. The number of ketones is 1. The molecule has 1 saturated heterocycles. The molecule has 15 heteroatoms. The lowest BCUT2D eigenvalue weighted by Gasteiger charge is -2.67. The molecule has 4 aliphatic rings. The Labute approximate surface area is 359 Å². The second-order valence-corrected chi connectivity index (χ2v) is 17.4. The summed E-state index contributed by atoms with van der Waals surface area (Å²) in [6.45, 7) is 7.97. The molecule has 15 nitrogen and oxygen atoms in total. The van der Waals surface area contributed by atoms with Crippen LogP contribution in [0, 0.1) is 16.7 Å². The Morgan fingerprint density at radius 1 is 0.839 bits per heavy atom. The van der Waals surface area contributed by atoms with Crippen LogP contribution in [-0.4, -0.2) is 105 Å². The van der Waals surface area contributed by atoms with E-state index in [0.717, 1.165) is 13.8 Å². The number of rotatable bonds is 10. The monoisotopic (exact) mass is 854 g/mol. The van der Waals surface area contributed by atoms with Gasteiger partial charge in [0.05, 0.1) is 35.6 Å². The van der Waals surface area contributed by atoms with Crippen LogP contribution in [0.2, 0.25) is 0 Å². The number of benzene rings is 3. The Balaban J connectivity index is 0.00000661.